The highest BCUT2D eigenvalue weighted by molar-refractivity contribution is 5.91. The van der Waals surface area contributed by atoms with Crippen LogP contribution in [0.2, 0.25) is 0 Å². The fourth-order valence-electron chi connectivity index (χ4n) is 4.10. The molecule has 0 bridgehead atoms. The van der Waals surface area contributed by atoms with E-state index in [0.717, 1.165) is 28.9 Å². The monoisotopic (exact) mass is 401 g/mol. The van der Waals surface area contributed by atoms with Crippen molar-refractivity contribution in [2.45, 2.75) is 19.5 Å². The third-order valence-electron chi connectivity index (χ3n) is 5.55. The van der Waals surface area contributed by atoms with E-state index < -0.39 is 0 Å². The van der Waals surface area contributed by atoms with Crippen molar-refractivity contribution in [2.24, 2.45) is 0 Å². The van der Waals surface area contributed by atoms with Crippen LogP contribution in [-0.4, -0.2) is 31.3 Å². The van der Waals surface area contributed by atoms with Crippen molar-refractivity contribution in [1.29, 1.82) is 0 Å². The van der Waals surface area contributed by atoms with Gasteiger partial charge in [-0.1, -0.05) is 36.4 Å². The molecule has 150 valence electrons. The molecule has 0 spiro atoms. The maximum atomic E-state index is 12.7. The lowest BCUT2D eigenvalue weighted by Crippen LogP contribution is -2.35. The number of non-ortho nitro benzene ring substituents is 1. The summed E-state index contributed by atoms with van der Waals surface area (Å²) in [6, 6.07) is 14.6. The molecule has 2 aromatic carbocycles. The molecule has 3 heterocycles. The first-order chi connectivity index (χ1) is 14.6. The normalized spacial score (nSPS) is 14.0. The molecule has 30 heavy (non-hydrogen) atoms. The van der Waals surface area contributed by atoms with Gasteiger partial charge in [0.15, 0.2) is 0 Å². The van der Waals surface area contributed by atoms with Crippen LogP contribution >= 0.6 is 0 Å². The van der Waals surface area contributed by atoms with Gasteiger partial charge in [-0.25, -0.2) is 4.98 Å². The van der Waals surface area contributed by atoms with Gasteiger partial charge >= 0.3 is 0 Å². The maximum absolute atomic E-state index is 12.7. The molecule has 8 nitrogen and oxygen atoms in total. The van der Waals surface area contributed by atoms with Gasteiger partial charge in [0.1, 0.15) is 5.82 Å². The van der Waals surface area contributed by atoms with Crippen molar-refractivity contribution in [1.82, 2.24) is 19.9 Å². The van der Waals surface area contributed by atoms with E-state index in [-0.39, 0.29) is 16.2 Å². The molecule has 4 aromatic rings. The van der Waals surface area contributed by atoms with Gasteiger partial charge in [-0.15, -0.1) is 0 Å². The summed E-state index contributed by atoms with van der Waals surface area (Å²) in [5.41, 5.74) is 3.91. The van der Waals surface area contributed by atoms with E-state index in [9.17, 15) is 14.9 Å². The minimum Gasteiger partial charge on any atom is -0.361 e. The Morgan fingerprint density at radius 3 is 2.77 bits per heavy atom. The summed E-state index contributed by atoms with van der Waals surface area (Å²) in [5, 5.41) is 12.1. The highest BCUT2D eigenvalue weighted by Crippen LogP contribution is 2.30. The topological polar surface area (TPSA) is 108 Å². The predicted octanol–water partition coefficient (Wildman–Crippen LogP) is 3.38. The van der Waals surface area contributed by atoms with E-state index in [2.05, 4.69) is 19.9 Å². The SMILES string of the molecule is O=c1[nH]c(-c2ccccc2)nc2c1CN(Cc1c[nH]c3cccc([N+](=O)[O-])c13)CC2. The van der Waals surface area contributed by atoms with Gasteiger partial charge in [-0.2, -0.15) is 0 Å². The second-order valence-corrected chi connectivity index (χ2v) is 7.44. The molecule has 0 fully saturated rings. The summed E-state index contributed by atoms with van der Waals surface area (Å²) in [6.07, 6.45) is 2.47. The van der Waals surface area contributed by atoms with E-state index in [0.29, 0.717) is 36.3 Å². The van der Waals surface area contributed by atoms with E-state index in [1.807, 2.05) is 42.6 Å². The average molecular weight is 401 g/mol. The summed E-state index contributed by atoms with van der Waals surface area (Å²) in [6.45, 7) is 1.70. The Kier molecular flexibility index (Phi) is 4.40. The molecule has 0 saturated carbocycles. The first kappa shape index (κ1) is 18.3. The van der Waals surface area contributed by atoms with Gasteiger partial charge in [0.2, 0.25) is 0 Å². The molecule has 0 radical (unpaired) electrons. The van der Waals surface area contributed by atoms with Crippen molar-refractivity contribution in [3.8, 4) is 11.4 Å². The number of aromatic amines is 2. The largest absolute Gasteiger partial charge is 0.361 e. The number of nitro benzene ring substituents is 1. The molecular weight excluding hydrogens is 382 g/mol. The second-order valence-electron chi connectivity index (χ2n) is 7.44. The molecule has 0 aliphatic carbocycles. The van der Waals surface area contributed by atoms with Crippen molar-refractivity contribution < 1.29 is 4.92 Å². The van der Waals surface area contributed by atoms with Gasteiger partial charge in [0, 0.05) is 43.9 Å². The molecule has 0 unspecified atom stereocenters. The quantitative estimate of drug-likeness (QED) is 0.403. The summed E-state index contributed by atoms with van der Waals surface area (Å²) in [4.78, 5) is 36.7. The highest BCUT2D eigenvalue weighted by Gasteiger charge is 2.24. The van der Waals surface area contributed by atoms with Crippen molar-refractivity contribution in [2.75, 3.05) is 6.54 Å². The van der Waals surface area contributed by atoms with E-state index in [4.69, 9.17) is 0 Å². The zero-order chi connectivity index (χ0) is 20.7. The van der Waals surface area contributed by atoms with Crippen molar-refractivity contribution >= 4 is 16.6 Å². The molecule has 5 rings (SSSR count). The van der Waals surface area contributed by atoms with Crippen LogP contribution in [0.15, 0.2) is 59.5 Å². The van der Waals surface area contributed by atoms with Crippen LogP contribution in [-0.2, 0) is 19.5 Å². The van der Waals surface area contributed by atoms with Gasteiger partial charge < -0.3 is 9.97 Å². The predicted molar refractivity (Wildman–Crippen MR) is 113 cm³/mol. The van der Waals surface area contributed by atoms with Crippen molar-refractivity contribution in [3.05, 3.63) is 92.0 Å². The molecule has 2 aromatic heterocycles. The number of fused-ring (bicyclic) bond motifs is 2. The molecule has 8 heteroatoms. The Hall–Kier alpha value is -3.78. The summed E-state index contributed by atoms with van der Waals surface area (Å²) >= 11 is 0. The van der Waals surface area contributed by atoms with Crippen LogP contribution in [0.3, 0.4) is 0 Å². The minimum atomic E-state index is -0.356. The zero-order valence-corrected chi connectivity index (χ0v) is 16.1. The van der Waals surface area contributed by atoms with Crippen molar-refractivity contribution in [3.63, 3.8) is 0 Å². The van der Waals surface area contributed by atoms with Crippen LogP contribution < -0.4 is 5.56 Å². The minimum absolute atomic E-state index is 0.0909. The number of rotatable bonds is 4. The first-order valence-electron chi connectivity index (χ1n) is 9.73. The Balaban J connectivity index is 1.44. The second kappa shape index (κ2) is 7.23. The number of hydrogen-bond donors (Lipinski definition) is 2. The van der Waals surface area contributed by atoms with Crippen LogP contribution in [0.5, 0.6) is 0 Å². The standard InChI is InChI=1S/C22H19N5O3/c28-22-16-13-26(10-9-17(16)24-21(25-22)14-5-2-1-3-6-14)12-15-11-23-18-7-4-8-19(20(15)18)27(29)30/h1-8,11,23H,9-10,12-13H2,(H,24,25,28). The van der Waals surface area contributed by atoms with E-state index >= 15 is 0 Å². The first-order valence-corrected chi connectivity index (χ1v) is 9.73. The highest BCUT2D eigenvalue weighted by atomic mass is 16.6. The fraction of sp³-hybridized carbons (Fsp3) is 0.182. The maximum Gasteiger partial charge on any atom is 0.279 e. The Bertz CT molecular complexity index is 1310. The Morgan fingerprint density at radius 1 is 1.13 bits per heavy atom. The molecular formula is C22H19N5O3. The van der Waals surface area contributed by atoms with E-state index in [1.165, 1.54) is 6.07 Å². The third-order valence-corrected chi connectivity index (χ3v) is 5.55. The lowest BCUT2D eigenvalue weighted by atomic mass is 10.0. The smallest absolute Gasteiger partial charge is 0.279 e. The number of nitrogens with zero attached hydrogens (tertiary/aromatic N) is 3. The summed E-state index contributed by atoms with van der Waals surface area (Å²) < 4.78 is 0. The Morgan fingerprint density at radius 2 is 1.97 bits per heavy atom. The number of nitrogens with one attached hydrogen (secondary N) is 2. The summed E-state index contributed by atoms with van der Waals surface area (Å²) in [5.74, 6) is 0.583. The number of hydrogen-bond acceptors (Lipinski definition) is 5. The number of H-pyrrole nitrogens is 2. The zero-order valence-electron chi connectivity index (χ0n) is 16.1. The average Bonchev–Trinajstić information content (AvgIpc) is 3.17. The Labute approximate surface area is 171 Å². The number of benzene rings is 2. The van der Waals surface area contributed by atoms with Gasteiger partial charge in [0.25, 0.3) is 11.2 Å². The van der Waals surface area contributed by atoms with Crippen LogP contribution in [0.25, 0.3) is 22.3 Å². The van der Waals surface area contributed by atoms with Gasteiger partial charge in [-0.3, -0.25) is 19.8 Å². The van der Waals surface area contributed by atoms with E-state index in [1.54, 1.807) is 6.07 Å². The molecule has 2 N–H and O–H groups in total. The molecule has 1 aliphatic heterocycles. The molecule has 1 aliphatic rings. The third kappa shape index (κ3) is 3.17. The summed E-state index contributed by atoms with van der Waals surface area (Å²) in [7, 11) is 0. The number of nitro groups is 1. The molecule has 0 atom stereocenters. The van der Waals surface area contributed by atoms with Gasteiger partial charge in [0.05, 0.1) is 27.1 Å². The van der Waals surface area contributed by atoms with Crippen LogP contribution in [0.1, 0.15) is 16.8 Å². The van der Waals surface area contributed by atoms with Crippen LogP contribution in [0.4, 0.5) is 5.69 Å². The fourth-order valence-corrected chi connectivity index (χ4v) is 4.10. The number of aromatic nitrogens is 3. The van der Waals surface area contributed by atoms with Crippen LogP contribution in [0, 0.1) is 10.1 Å². The molecule has 0 saturated heterocycles. The lowest BCUT2D eigenvalue weighted by Gasteiger charge is -2.27. The molecule has 0 amide bonds. The van der Waals surface area contributed by atoms with Gasteiger partial charge in [-0.05, 0) is 11.6 Å². The lowest BCUT2D eigenvalue weighted by molar-refractivity contribution is -0.383.